The zero-order chi connectivity index (χ0) is 10.7. The quantitative estimate of drug-likeness (QED) is 0.567. The summed E-state index contributed by atoms with van der Waals surface area (Å²) < 4.78 is 0. The molecular weight excluding hydrogens is 238 g/mol. The number of nitrogens with two attached hydrogens (primary N) is 1. The minimum absolute atomic E-state index is 0. The fourth-order valence-electron chi connectivity index (χ4n) is 1.04. The third-order valence-corrected chi connectivity index (χ3v) is 1.81. The second-order valence-corrected chi connectivity index (χ2v) is 2.97. The van der Waals surface area contributed by atoms with E-state index < -0.39 is 12.0 Å². The molecule has 1 unspecified atom stereocenters. The molecule has 0 heterocycles. The molecule has 1 aromatic carbocycles. The van der Waals surface area contributed by atoms with Crippen molar-refractivity contribution in [3.8, 4) is 11.5 Å². The molecule has 0 aliphatic rings. The molecule has 0 saturated heterocycles. The van der Waals surface area contributed by atoms with Crippen LogP contribution in [0.5, 0.6) is 11.5 Å². The first-order valence-electron chi connectivity index (χ1n) is 4.00. The molecule has 0 radical (unpaired) electrons. The van der Waals surface area contributed by atoms with Gasteiger partial charge in [0.15, 0.2) is 11.5 Å². The van der Waals surface area contributed by atoms with Gasteiger partial charge < -0.3 is 21.1 Å². The number of carboxylic acids is 1. The number of carbonyl (C=O) groups is 1. The van der Waals surface area contributed by atoms with E-state index in [1.54, 1.807) is 0 Å². The van der Waals surface area contributed by atoms with Crippen LogP contribution in [0.25, 0.3) is 0 Å². The van der Waals surface area contributed by atoms with Crippen LogP contribution in [0.2, 0.25) is 0 Å². The van der Waals surface area contributed by atoms with E-state index in [0.29, 0.717) is 5.56 Å². The predicted octanol–water partition coefficient (Wildman–Crippen LogP) is 0.0497. The second kappa shape index (κ2) is 5.61. The van der Waals surface area contributed by atoms with Gasteiger partial charge in [-0.15, -0.1) is 0 Å². The van der Waals surface area contributed by atoms with E-state index in [1.807, 2.05) is 0 Å². The van der Waals surface area contributed by atoms with Gasteiger partial charge in [-0.25, -0.2) is 0 Å². The Balaban J connectivity index is 0.00000196. The minimum atomic E-state index is -1.10. The average molecular weight is 249 g/mol. The van der Waals surface area contributed by atoms with Gasteiger partial charge >= 0.3 is 23.3 Å². The molecule has 0 fully saturated rings. The fraction of sp³-hybridized carbons (Fsp3) is 0.222. The van der Waals surface area contributed by atoms with Crippen molar-refractivity contribution in [1.82, 2.24) is 0 Å². The minimum Gasteiger partial charge on any atom is -0.504 e. The Labute approximate surface area is 97.3 Å². The smallest absolute Gasteiger partial charge is 0.504 e. The molecule has 15 heavy (non-hydrogen) atoms. The van der Waals surface area contributed by atoms with Crippen LogP contribution in [0, 0.1) is 0 Å². The van der Waals surface area contributed by atoms with Crippen molar-refractivity contribution in [2.75, 3.05) is 0 Å². The van der Waals surface area contributed by atoms with E-state index in [4.69, 9.17) is 21.1 Å². The van der Waals surface area contributed by atoms with Crippen LogP contribution in [0.1, 0.15) is 5.56 Å². The maximum absolute atomic E-state index is 10.4. The van der Waals surface area contributed by atoms with Crippen LogP contribution in [-0.2, 0) is 28.6 Å². The van der Waals surface area contributed by atoms with E-state index in [1.165, 1.54) is 18.2 Å². The van der Waals surface area contributed by atoms with Crippen LogP contribution in [0.4, 0.5) is 0 Å². The first-order valence-corrected chi connectivity index (χ1v) is 4.00. The van der Waals surface area contributed by atoms with Gasteiger partial charge in [0.2, 0.25) is 0 Å². The molecule has 1 rings (SSSR count). The Hall–Kier alpha value is -1.22. The van der Waals surface area contributed by atoms with Gasteiger partial charge in [-0.3, -0.25) is 4.79 Å². The predicted molar refractivity (Wildman–Crippen MR) is 49.1 cm³/mol. The van der Waals surface area contributed by atoms with Gasteiger partial charge in [0, 0.05) is 0 Å². The number of hydrogen-bond acceptors (Lipinski definition) is 4. The Morgan fingerprint density at radius 2 is 1.93 bits per heavy atom. The van der Waals surface area contributed by atoms with Crippen LogP contribution in [0.3, 0.4) is 0 Å². The van der Waals surface area contributed by atoms with Crippen LogP contribution >= 0.6 is 0 Å². The Bertz CT molecular complexity index is 356. The molecule has 5 nitrogen and oxygen atoms in total. The summed E-state index contributed by atoms with van der Waals surface area (Å²) in [7, 11) is 0. The van der Waals surface area contributed by atoms with Crippen molar-refractivity contribution in [2.45, 2.75) is 12.5 Å². The molecule has 80 valence electrons. The molecule has 0 amide bonds. The summed E-state index contributed by atoms with van der Waals surface area (Å²) in [5, 5.41) is 26.6. The van der Waals surface area contributed by atoms with E-state index in [-0.39, 0.29) is 35.3 Å². The Morgan fingerprint density at radius 3 is 2.40 bits per heavy atom. The summed E-state index contributed by atoms with van der Waals surface area (Å²) in [4.78, 5) is 10.4. The van der Waals surface area contributed by atoms with Gasteiger partial charge in [0.05, 0.1) is 0 Å². The normalized spacial score (nSPS) is 11.5. The largest absolute Gasteiger partial charge is 2.00 e. The summed E-state index contributed by atoms with van der Waals surface area (Å²) in [6, 6.07) is 3.09. The molecule has 0 aliphatic heterocycles. The molecule has 5 N–H and O–H groups in total. The Morgan fingerprint density at radius 1 is 1.33 bits per heavy atom. The standard InChI is InChI=1S/C9H11NO4.Cr/c10-6(9(13)14)3-5-1-2-7(11)8(12)4-5;/h1-2,4,6,11-12H,3,10H2,(H,13,14);/q;+2. The third kappa shape index (κ3) is 3.80. The van der Waals surface area contributed by atoms with Crippen LogP contribution < -0.4 is 5.73 Å². The fourth-order valence-corrected chi connectivity index (χ4v) is 1.04. The summed E-state index contributed by atoms with van der Waals surface area (Å²) in [6.45, 7) is 0. The zero-order valence-electron chi connectivity index (χ0n) is 7.75. The van der Waals surface area contributed by atoms with Gasteiger partial charge in [0.1, 0.15) is 6.04 Å². The monoisotopic (exact) mass is 249 g/mol. The van der Waals surface area contributed by atoms with Crippen molar-refractivity contribution in [2.24, 2.45) is 5.73 Å². The van der Waals surface area contributed by atoms with Crippen molar-refractivity contribution < 1.29 is 37.5 Å². The molecular formula is C9H11CrNO4+2. The molecule has 0 aromatic heterocycles. The number of aromatic hydroxyl groups is 2. The second-order valence-electron chi connectivity index (χ2n) is 2.97. The topological polar surface area (TPSA) is 104 Å². The maximum Gasteiger partial charge on any atom is 2.00 e. The van der Waals surface area contributed by atoms with Crippen molar-refractivity contribution in [1.29, 1.82) is 0 Å². The molecule has 0 bridgehead atoms. The first-order chi connectivity index (χ1) is 6.50. The van der Waals surface area contributed by atoms with E-state index in [9.17, 15) is 4.79 Å². The molecule has 1 aromatic rings. The number of phenolic OH excluding ortho intramolecular Hbond substituents is 2. The van der Waals surface area contributed by atoms with Gasteiger partial charge in [0.25, 0.3) is 0 Å². The van der Waals surface area contributed by atoms with Crippen molar-refractivity contribution >= 4 is 5.97 Å². The molecule has 0 saturated carbocycles. The number of benzene rings is 1. The third-order valence-electron chi connectivity index (χ3n) is 1.81. The van der Waals surface area contributed by atoms with Gasteiger partial charge in [-0.1, -0.05) is 6.07 Å². The number of carboxylic acid groups (broad SMARTS) is 1. The average Bonchev–Trinajstić information content (AvgIpc) is 2.11. The van der Waals surface area contributed by atoms with Crippen LogP contribution in [0.15, 0.2) is 18.2 Å². The van der Waals surface area contributed by atoms with E-state index >= 15 is 0 Å². The summed E-state index contributed by atoms with van der Waals surface area (Å²) >= 11 is 0. The van der Waals surface area contributed by atoms with E-state index in [0.717, 1.165) is 0 Å². The van der Waals surface area contributed by atoms with Gasteiger partial charge in [-0.2, -0.15) is 0 Å². The zero-order valence-corrected chi connectivity index (χ0v) is 9.03. The maximum atomic E-state index is 10.4. The SMILES string of the molecule is NC(Cc1ccc(O)c(O)c1)C(=O)O.[Cr+2]. The summed E-state index contributed by atoms with van der Waals surface area (Å²) in [6.07, 6.45) is 0.114. The van der Waals surface area contributed by atoms with Crippen LogP contribution in [-0.4, -0.2) is 27.3 Å². The number of phenols is 2. The molecule has 0 aliphatic carbocycles. The molecule has 6 heteroatoms. The van der Waals surface area contributed by atoms with Gasteiger partial charge in [-0.05, 0) is 24.1 Å². The van der Waals surface area contributed by atoms with E-state index in [2.05, 4.69) is 0 Å². The Kier molecular flexibility index (Phi) is 5.16. The number of hydrogen-bond donors (Lipinski definition) is 4. The summed E-state index contributed by atoms with van der Waals surface area (Å²) in [5.74, 6) is -1.62. The first kappa shape index (κ1) is 13.8. The molecule has 1 atom stereocenters. The number of aliphatic carboxylic acids is 1. The summed E-state index contributed by atoms with van der Waals surface area (Å²) in [5.41, 5.74) is 5.86. The number of rotatable bonds is 3. The molecule has 0 spiro atoms. The van der Waals surface area contributed by atoms with Crippen molar-refractivity contribution in [3.63, 3.8) is 0 Å². The van der Waals surface area contributed by atoms with Crippen molar-refractivity contribution in [3.05, 3.63) is 23.8 Å².